The summed E-state index contributed by atoms with van der Waals surface area (Å²) in [6.07, 6.45) is 0. The summed E-state index contributed by atoms with van der Waals surface area (Å²) in [7, 11) is 0. The van der Waals surface area contributed by atoms with Crippen LogP contribution in [0.1, 0.15) is 13.7 Å². The van der Waals surface area contributed by atoms with Crippen molar-refractivity contribution in [3.8, 4) is 34.2 Å². The quantitative estimate of drug-likeness (QED) is 0.269. The number of hydrogen-bond acceptors (Lipinski definition) is 4. The molecule has 0 spiro atoms. The molecule has 35 heavy (non-hydrogen) atoms. The van der Waals surface area contributed by atoms with Gasteiger partial charge in [0.2, 0.25) is 0 Å². The van der Waals surface area contributed by atoms with Gasteiger partial charge in [0.1, 0.15) is 11.2 Å². The molecule has 0 unspecified atom stereocenters. The molecular formula is C31H19N3O. The first-order valence-corrected chi connectivity index (χ1v) is 10.7. The van der Waals surface area contributed by atoms with E-state index >= 15 is 0 Å². The second kappa shape index (κ2) is 7.89. The molecule has 7 rings (SSSR count). The van der Waals surface area contributed by atoms with E-state index in [4.69, 9.17) is 18.1 Å². The van der Waals surface area contributed by atoms with E-state index in [9.17, 15) is 0 Å². The van der Waals surface area contributed by atoms with Crippen molar-refractivity contribution >= 4 is 32.7 Å². The Labute approximate surface area is 215 Å². The van der Waals surface area contributed by atoms with Gasteiger partial charge in [-0.25, -0.2) is 15.0 Å². The lowest BCUT2D eigenvalue weighted by Crippen LogP contribution is -2.00. The van der Waals surface area contributed by atoms with Crippen LogP contribution in [-0.2, 0) is 0 Å². The Morgan fingerprint density at radius 3 is 1.83 bits per heavy atom. The van der Waals surface area contributed by atoms with Gasteiger partial charge in [0.25, 0.3) is 0 Å². The normalized spacial score (nSPS) is 15.4. The van der Waals surface area contributed by atoms with Gasteiger partial charge in [-0.2, -0.15) is 0 Å². The third-order valence-electron chi connectivity index (χ3n) is 5.69. The lowest BCUT2D eigenvalue weighted by molar-refractivity contribution is 0.669. The molecule has 164 valence electrons. The van der Waals surface area contributed by atoms with Crippen molar-refractivity contribution in [2.45, 2.75) is 0 Å². The minimum absolute atomic E-state index is 0.0184. The fourth-order valence-electron chi connectivity index (χ4n) is 4.14. The Morgan fingerprint density at radius 1 is 0.571 bits per heavy atom. The maximum Gasteiger partial charge on any atom is 0.164 e. The van der Waals surface area contributed by atoms with Gasteiger partial charge in [-0.15, -0.1) is 0 Å². The summed E-state index contributed by atoms with van der Waals surface area (Å²) in [5, 5.41) is 3.30. The highest BCUT2D eigenvalue weighted by Gasteiger charge is 2.18. The molecule has 0 aliphatic rings. The molecule has 4 heteroatoms. The van der Waals surface area contributed by atoms with Crippen LogP contribution in [0.4, 0.5) is 0 Å². The Hall–Kier alpha value is -4.83. The zero-order chi connectivity index (χ0) is 31.9. The first kappa shape index (κ1) is 12.0. The summed E-state index contributed by atoms with van der Waals surface area (Å²) >= 11 is 0. The summed E-state index contributed by atoms with van der Waals surface area (Å²) in [4.78, 5) is 13.5. The number of aromatic nitrogens is 3. The van der Waals surface area contributed by atoms with E-state index < -0.39 is 60.4 Å². The predicted octanol–water partition coefficient (Wildman–Crippen LogP) is 7.93. The highest BCUT2D eigenvalue weighted by molar-refractivity contribution is 6.15. The van der Waals surface area contributed by atoms with Crippen molar-refractivity contribution < 1.29 is 18.1 Å². The fraction of sp³-hybridized carbons (Fsp3) is 0. The zero-order valence-corrected chi connectivity index (χ0v) is 17.9. The summed E-state index contributed by atoms with van der Waals surface area (Å²) in [6.45, 7) is 0. The molecule has 0 N–H and O–H groups in total. The molecule has 7 aromatic rings. The lowest BCUT2D eigenvalue weighted by Gasteiger charge is -2.09. The Kier molecular flexibility index (Phi) is 2.71. The van der Waals surface area contributed by atoms with E-state index in [-0.39, 0.29) is 28.6 Å². The number of fused-ring (bicyclic) bond motifs is 4. The van der Waals surface area contributed by atoms with Crippen LogP contribution >= 0.6 is 0 Å². The van der Waals surface area contributed by atoms with E-state index in [1.54, 1.807) is 18.2 Å². The standard InChI is InChI=1S/C31H19N3O/c1-3-10-20(11-4-1)29-32-30(21-12-5-2-6-13-21)34-31(33-29)24-16-9-17-26-28(24)25-18-22-14-7-8-15-23(22)19-27(25)35-26/h1-19H/i1D,2D,3D,4D,5D,6D,10D,11D,12D,13D. The number of nitrogens with zero attached hydrogens (tertiary/aromatic N) is 3. The van der Waals surface area contributed by atoms with Crippen molar-refractivity contribution in [3.05, 3.63) is 115 Å². The molecule has 0 fully saturated rings. The largest absolute Gasteiger partial charge is 0.456 e. The third kappa shape index (κ3) is 3.35. The molecule has 0 aliphatic heterocycles. The zero-order valence-electron chi connectivity index (χ0n) is 27.9. The lowest BCUT2D eigenvalue weighted by atomic mass is 10.0. The Bertz CT molecular complexity index is 2260. The van der Waals surface area contributed by atoms with E-state index in [1.165, 1.54) is 0 Å². The molecule has 0 saturated heterocycles. The van der Waals surface area contributed by atoms with Crippen molar-refractivity contribution in [1.82, 2.24) is 15.0 Å². The number of hydrogen-bond donors (Lipinski definition) is 0. The van der Waals surface area contributed by atoms with Crippen molar-refractivity contribution in [2.24, 2.45) is 0 Å². The maximum atomic E-state index is 8.55. The Morgan fingerprint density at radius 2 is 1.17 bits per heavy atom. The number of rotatable bonds is 3. The van der Waals surface area contributed by atoms with Crippen LogP contribution in [0.25, 0.3) is 66.9 Å². The van der Waals surface area contributed by atoms with Crippen LogP contribution in [-0.4, -0.2) is 15.0 Å². The summed E-state index contributed by atoms with van der Waals surface area (Å²) in [5.41, 5.74) is 0.891. The molecular weight excluding hydrogens is 430 g/mol. The van der Waals surface area contributed by atoms with Crippen LogP contribution in [0, 0.1) is 0 Å². The molecule has 0 aliphatic carbocycles. The van der Waals surface area contributed by atoms with Crippen LogP contribution < -0.4 is 0 Å². The second-order valence-corrected chi connectivity index (χ2v) is 7.78. The third-order valence-corrected chi connectivity index (χ3v) is 5.69. The first-order chi connectivity index (χ1) is 21.5. The predicted molar refractivity (Wildman–Crippen MR) is 141 cm³/mol. The van der Waals surface area contributed by atoms with Gasteiger partial charge in [-0.1, -0.05) is 96.8 Å². The SMILES string of the molecule is [2H]c1c([2H])c([2H])c(-c2nc(-c3c([2H])c([2H])c([2H])c([2H])c3[2H])nc(-c3cccc4oc5cc6ccccc6cc5c34)n2)c([2H])c1[2H]. The molecule has 5 aromatic carbocycles. The van der Waals surface area contributed by atoms with Crippen molar-refractivity contribution in [1.29, 1.82) is 0 Å². The molecule has 0 atom stereocenters. The average Bonchev–Trinajstić information content (AvgIpc) is 3.41. The summed E-state index contributed by atoms with van der Waals surface area (Å²) in [6, 6.07) is 11.0. The molecule has 0 radical (unpaired) electrons. The number of benzene rings is 5. The summed E-state index contributed by atoms with van der Waals surface area (Å²) < 4.78 is 89.2. The van der Waals surface area contributed by atoms with Gasteiger partial charge in [0.05, 0.1) is 13.7 Å². The second-order valence-electron chi connectivity index (χ2n) is 7.78. The highest BCUT2D eigenvalue weighted by atomic mass is 16.3. The average molecular weight is 460 g/mol. The molecule has 0 saturated carbocycles. The first-order valence-electron chi connectivity index (χ1n) is 15.7. The van der Waals surface area contributed by atoms with Crippen LogP contribution in [0.15, 0.2) is 119 Å². The van der Waals surface area contributed by atoms with Gasteiger partial charge in [-0.3, -0.25) is 0 Å². The summed E-state index contributed by atoms with van der Waals surface area (Å²) in [5.74, 6) is -0.668. The molecule has 4 nitrogen and oxygen atoms in total. The van der Waals surface area contributed by atoms with E-state index in [2.05, 4.69) is 15.0 Å². The Balaban J connectivity index is 1.61. The van der Waals surface area contributed by atoms with Gasteiger partial charge in [-0.05, 0) is 29.0 Å². The van der Waals surface area contributed by atoms with Gasteiger partial charge < -0.3 is 4.42 Å². The molecule has 2 heterocycles. The molecule has 0 bridgehead atoms. The monoisotopic (exact) mass is 459 g/mol. The van der Waals surface area contributed by atoms with E-state index in [1.807, 2.05) is 36.4 Å². The highest BCUT2D eigenvalue weighted by Crippen LogP contribution is 2.38. The van der Waals surface area contributed by atoms with Gasteiger partial charge in [0, 0.05) is 27.5 Å². The van der Waals surface area contributed by atoms with Crippen LogP contribution in [0.2, 0.25) is 0 Å². The van der Waals surface area contributed by atoms with Crippen LogP contribution in [0.3, 0.4) is 0 Å². The van der Waals surface area contributed by atoms with Crippen LogP contribution in [0.5, 0.6) is 0 Å². The molecule has 0 amide bonds. The minimum Gasteiger partial charge on any atom is -0.456 e. The fourth-order valence-corrected chi connectivity index (χ4v) is 4.14. The van der Waals surface area contributed by atoms with Crippen molar-refractivity contribution in [3.63, 3.8) is 0 Å². The van der Waals surface area contributed by atoms with Gasteiger partial charge in [0.15, 0.2) is 17.5 Å². The van der Waals surface area contributed by atoms with Crippen molar-refractivity contribution in [2.75, 3.05) is 0 Å². The maximum absolute atomic E-state index is 8.55. The van der Waals surface area contributed by atoms with Gasteiger partial charge >= 0.3 is 0 Å². The smallest absolute Gasteiger partial charge is 0.164 e. The van der Waals surface area contributed by atoms with E-state index in [0.717, 1.165) is 16.2 Å². The topological polar surface area (TPSA) is 51.8 Å². The number of furan rings is 1. The molecule has 2 aromatic heterocycles. The minimum atomic E-state index is -0.605. The van der Waals surface area contributed by atoms with E-state index in [0.29, 0.717) is 22.1 Å².